The standard InChI is InChI=1S/C21H25F3N2O3/c1-6-20(3,4)13(2)17(27)16-12-26(25-18(16)21(22,23)24)11-14-7-9-15(10-8-14)19(28)29-5/h7-10,12-13H,6,11H2,1-5H3/t13-/m0/s1. The lowest BCUT2D eigenvalue weighted by Gasteiger charge is -2.29. The number of rotatable bonds is 7. The molecule has 0 amide bonds. The summed E-state index contributed by atoms with van der Waals surface area (Å²) in [5.74, 6) is -1.67. The Morgan fingerprint density at radius 3 is 2.24 bits per heavy atom. The average Bonchev–Trinajstić information content (AvgIpc) is 3.11. The highest BCUT2D eigenvalue weighted by Gasteiger charge is 2.41. The lowest BCUT2D eigenvalue weighted by molar-refractivity contribution is -0.141. The van der Waals surface area contributed by atoms with Gasteiger partial charge in [-0.25, -0.2) is 4.79 Å². The predicted molar refractivity (Wildman–Crippen MR) is 102 cm³/mol. The summed E-state index contributed by atoms with van der Waals surface area (Å²) in [6, 6.07) is 6.25. The molecule has 158 valence electrons. The Balaban J connectivity index is 2.36. The van der Waals surface area contributed by atoms with Crippen molar-refractivity contribution in [1.29, 1.82) is 0 Å². The molecule has 0 bridgehead atoms. The lowest BCUT2D eigenvalue weighted by Crippen LogP contribution is -2.29. The molecule has 1 aromatic carbocycles. The van der Waals surface area contributed by atoms with Crippen molar-refractivity contribution in [1.82, 2.24) is 9.78 Å². The summed E-state index contributed by atoms with van der Waals surface area (Å²) in [4.78, 5) is 24.3. The van der Waals surface area contributed by atoms with Crippen LogP contribution < -0.4 is 0 Å². The van der Waals surface area contributed by atoms with Gasteiger partial charge in [-0.1, -0.05) is 46.2 Å². The maximum absolute atomic E-state index is 13.5. The van der Waals surface area contributed by atoms with Gasteiger partial charge in [0.2, 0.25) is 0 Å². The van der Waals surface area contributed by atoms with Crippen LogP contribution in [0, 0.1) is 11.3 Å². The third-order valence-corrected chi connectivity index (χ3v) is 5.49. The molecular weight excluding hydrogens is 385 g/mol. The van der Waals surface area contributed by atoms with Crippen molar-refractivity contribution in [2.24, 2.45) is 11.3 Å². The highest BCUT2D eigenvalue weighted by atomic mass is 19.4. The third kappa shape index (κ3) is 5.05. The summed E-state index contributed by atoms with van der Waals surface area (Å²) in [5.41, 5.74) is -1.06. The normalized spacial score (nSPS) is 13.2. The van der Waals surface area contributed by atoms with Gasteiger partial charge in [0.15, 0.2) is 11.5 Å². The van der Waals surface area contributed by atoms with E-state index < -0.39 is 40.5 Å². The van der Waals surface area contributed by atoms with E-state index in [2.05, 4.69) is 9.84 Å². The second-order valence-corrected chi connectivity index (χ2v) is 7.70. The van der Waals surface area contributed by atoms with Gasteiger partial charge in [0, 0.05) is 12.1 Å². The summed E-state index contributed by atoms with van der Waals surface area (Å²) >= 11 is 0. The van der Waals surface area contributed by atoms with Gasteiger partial charge in [-0.15, -0.1) is 0 Å². The second kappa shape index (κ2) is 8.39. The number of benzene rings is 1. The molecule has 0 saturated carbocycles. The van der Waals surface area contributed by atoms with Crippen molar-refractivity contribution in [2.75, 3.05) is 7.11 Å². The van der Waals surface area contributed by atoms with Crippen LogP contribution in [-0.2, 0) is 17.5 Å². The molecule has 8 heteroatoms. The molecule has 0 spiro atoms. The van der Waals surface area contributed by atoms with Crippen molar-refractivity contribution in [3.8, 4) is 0 Å². The number of Topliss-reactive ketones (excluding diaryl/α,β-unsaturated/α-hetero) is 1. The topological polar surface area (TPSA) is 61.2 Å². The molecular formula is C21H25F3N2O3. The second-order valence-electron chi connectivity index (χ2n) is 7.70. The van der Waals surface area contributed by atoms with Gasteiger partial charge in [-0.2, -0.15) is 18.3 Å². The van der Waals surface area contributed by atoms with Crippen LogP contribution in [0.2, 0.25) is 0 Å². The maximum atomic E-state index is 13.5. The molecule has 0 unspecified atom stereocenters. The van der Waals surface area contributed by atoms with Gasteiger partial charge in [-0.05, 0) is 23.1 Å². The zero-order valence-corrected chi connectivity index (χ0v) is 17.1. The summed E-state index contributed by atoms with van der Waals surface area (Å²) in [6.07, 6.45) is -2.93. The van der Waals surface area contributed by atoms with E-state index in [1.54, 1.807) is 19.1 Å². The van der Waals surface area contributed by atoms with Gasteiger partial charge in [0.1, 0.15) is 0 Å². The Bertz CT molecular complexity index is 884. The number of aromatic nitrogens is 2. The van der Waals surface area contributed by atoms with Crippen LogP contribution in [0.25, 0.3) is 0 Å². The molecule has 1 atom stereocenters. The Hall–Kier alpha value is -2.64. The molecule has 2 rings (SSSR count). The summed E-state index contributed by atoms with van der Waals surface area (Å²) in [7, 11) is 1.26. The molecule has 5 nitrogen and oxygen atoms in total. The molecule has 0 aliphatic heterocycles. The van der Waals surface area contributed by atoms with Gasteiger partial charge in [0.25, 0.3) is 0 Å². The van der Waals surface area contributed by atoms with Crippen LogP contribution in [0.3, 0.4) is 0 Å². The first kappa shape index (κ1) is 22.6. The minimum Gasteiger partial charge on any atom is -0.465 e. The average molecular weight is 410 g/mol. The summed E-state index contributed by atoms with van der Waals surface area (Å²) < 4.78 is 46.2. The van der Waals surface area contributed by atoms with Crippen molar-refractivity contribution in [3.05, 3.63) is 52.8 Å². The molecule has 29 heavy (non-hydrogen) atoms. The van der Waals surface area contributed by atoms with Crippen molar-refractivity contribution >= 4 is 11.8 Å². The van der Waals surface area contributed by atoms with E-state index >= 15 is 0 Å². The highest BCUT2D eigenvalue weighted by molar-refractivity contribution is 5.99. The Morgan fingerprint density at radius 2 is 1.76 bits per heavy atom. The Morgan fingerprint density at radius 1 is 1.17 bits per heavy atom. The number of ether oxygens (including phenoxy) is 1. The number of esters is 1. The van der Waals surface area contributed by atoms with Crippen molar-refractivity contribution in [2.45, 2.75) is 46.8 Å². The van der Waals surface area contributed by atoms with Gasteiger partial charge in [0.05, 0.1) is 24.8 Å². The van der Waals surface area contributed by atoms with E-state index in [0.29, 0.717) is 17.5 Å². The fraction of sp³-hybridized carbons (Fsp3) is 0.476. The van der Waals surface area contributed by atoms with Crippen molar-refractivity contribution < 1.29 is 27.5 Å². The predicted octanol–water partition coefficient (Wildman–Crippen LogP) is 4.99. The maximum Gasteiger partial charge on any atom is 0.435 e. The number of halogens is 3. The number of carbonyl (C=O) groups excluding carboxylic acids is 2. The van der Waals surface area contributed by atoms with E-state index in [1.807, 2.05) is 20.8 Å². The van der Waals surface area contributed by atoms with E-state index in [4.69, 9.17) is 0 Å². The molecule has 0 radical (unpaired) electrons. The molecule has 0 aliphatic carbocycles. The number of ketones is 1. The van der Waals surface area contributed by atoms with Crippen LogP contribution in [0.15, 0.2) is 30.5 Å². The van der Waals surface area contributed by atoms with Gasteiger partial charge < -0.3 is 4.74 Å². The molecule has 0 N–H and O–H groups in total. The van der Waals surface area contributed by atoms with Crippen LogP contribution in [0.4, 0.5) is 13.2 Å². The first-order valence-electron chi connectivity index (χ1n) is 9.26. The van der Waals surface area contributed by atoms with Crippen LogP contribution >= 0.6 is 0 Å². The third-order valence-electron chi connectivity index (χ3n) is 5.49. The number of alkyl halides is 3. The van der Waals surface area contributed by atoms with Gasteiger partial charge in [-0.3, -0.25) is 9.48 Å². The van der Waals surface area contributed by atoms with Crippen molar-refractivity contribution in [3.63, 3.8) is 0 Å². The molecule has 1 aromatic heterocycles. The zero-order valence-electron chi connectivity index (χ0n) is 17.1. The minimum atomic E-state index is -4.74. The lowest BCUT2D eigenvalue weighted by atomic mass is 9.74. The number of hydrogen-bond donors (Lipinski definition) is 0. The SMILES string of the molecule is CCC(C)(C)[C@@H](C)C(=O)c1cn(Cc2ccc(C(=O)OC)cc2)nc1C(F)(F)F. The summed E-state index contributed by atoms with van der Waals surface area (Å²) in [6.45, 7) is 7.29. The first-order valence-corrected chi connectivity index (χ1v) is 9.26. The fourth-order valence-corrected chi connectivity index (χ4v) is 2.84. The molecule has 0 fully saturated rings. The summed E-state index contributed by atoms with van der Waals surface area (Å²) in [5, 5.41) is 3.64. The number of methoxy groups -OCH3 is 1. The first-order chi connectivity index (χ1) is 13.4. The Kier molecular flexibility index (Phi) is 6.55. The monoisotopic (exact) mass is 410 g/mol. The van der Waals surface area contributed by atoms with Crippen LogP contribution in [0.1, 0.15) is 66.1 Å². The van der Waals surface area contributed by atoms with Gasteiger partial charge >= 0.3 is 12.1 Å². The molecule has 0 saturated heterocycles. The van der Waals surface area contributed by atoms with E-state index in [-0.39, 0.29) is 6.54 Å². The highest BCUT2D eigenvalue weighted by Crippen LogP contribution is 2.37. The fourth-order valence-electron chi connectivity index (χ4n) is 2.84. The smallest absolute Gasteiger partial charge is 0.435 e. The van der Waals surface area contributed by atoms with Crippen LogP contribution in [-0.4, -0.2) is 28.6 Å². The van der Waals surface area contributed by atoms with E-state index in [1.165, 1.54) is 19.2 Å². The minimum absolute atomic E-state index is 0.0311. The largest absolute Gasteiger partial charge is 0.465 e. The quantitative estimate of drug-likeness (QED) is 0.477. The number of carbonyl (C=O) groups is 2. The molecule has 0 aliphatic rings. The zero-order chi connectivity index (χ0) is 22.0. The molecule has 2 aromatic rings. The van der Waals surface area contributed by atoms with Crippen LogP contribution in [0.5, 0.6) is 0 Å². The Labute approximate surface area is 167 Å². The number of hydrogen-bond acceptors (Lipinski definition) is 4. The molecule has 1 heterocycles. The van der Waals surface area contributed by atoms with E-state index in [0.717, 1.165) is 10.9 Å². The number of nitrogens with zero attached hydrogens (tertiary/aromatic N) is 2. The van der Waals surface area contributed by atoms with E-state index in [9.17, 15) is 22.8 Å².